The fraction of sp³-hybridized carbons (Fsp3) is 0.211. The predicted molar refractivity (Wildman–Crippen MR) is 96.9 cm³/mol. The van der Waals surface area contributed by atoms with E-state index < -0.39 is 5.97 Å². The third-order valence-corrected chi connectivity index (χ3v) is 3.87. The normalized spacial score (nSPS) is 10.6. The molecule has 1 aromatic heterocycles. The highest BCUT2D eigenvalue weighted by Crippen LogP contribution is 2.36. The van der Waals surface area contributed by atoms with Gasteiger partial charge in [-0.1, -0.05) is 6.07 Å². The molecule has 26 heavy (non-hydrogen) atoms. The van der Waals surface area contributed by atoms with Crippen molar-refractivity contribution in [1.82, 2.24) is 9.97 Å². The number of benzene rings is 2. The molecule has 7 heteroatoms. The first-order chi connectivity index (χ1) is 12.6. The van der Waals surface area contributed by atoms with Crippen LogP contribution in [0.4, 0.5) is 0 Å². The van der Waals surface area contributed by atoms with Crippen molar-refractivity contribution in [3.8, 4) is 22.9 Å². The largest absolute Gasteiger partial charge is 0.493 e. The lowest BCUT2D eigenvalue weighted by Crippen LogP contribution is -2.12. The van der Waals surface area contributed by atoms with Crippen LogP contribution in [0.1, 0.15) is 17.3 Å². The minimum Gasteiger partial charge on any atom is -0.493 e. The Morgan fingerprint density at radius 1 is 1.19 bits per heavy atom. The molecule has 3 aromatic rings. The molecule has 0 fully saturated rings. The van der Waals surface area contributed by atoms with Gasteiger partial charge in [0.2, 0.25) is 0 Å². The van der Waals surface area contributed by atoms with Crippen LogP contribution >= 0.6 is 0 Å². The topological polar surface area (TPSA) is 90.5 Å². The number of methoxy groups -OCH3 is 2. The van der Waals surface area contributed by atoms with Crippen molar-refractivity contribution < 1.29 is 19.0 Å². The molecule has 0 radical (unpaired) electrons. The molecule has 0 amide bonds. The number of nitrogens with zero attached hydrogens (tertiary/aromatic N) is 1. The number of hydrogen-bond donors (Lipinski definition) is 1. The zero-order chi connectivity index (χ0) is 18.7. The van der Waals surface area contributed by atoms with Crippen molar-refractivity contribution in [2.45, 2.75) is 6.92 Å². The summed E-state index contributed by atoms with van der Waals surface area (Å²) in [6, 6.07) is 10.0. The molecule has 0 atom stereocenters. The summed E-state index contributed by atoms with van der Waals surface area (Å²) in [6.45, 7) is 2.30. The lowest BCUT2D eigenvalue weighted by atomic mass is 10.1. The summed E-state index contributed by atoms with van der Waals surface area (Å²) in [5, 5.41) is 0.303. The van der Waals surface area contributed by atoms with Gasteiger partial charge in [-0.15, -0.1) is 0 Å². The summed E-state index contributed by atoms with van der Waals surface area (Å²) in [5.74, 6) is 0.900. The smallest absolute Gasteiger partial charge is 0.337 e. The molecule has 0 saturated heterocycles. The van der Waals surface area contributed by atoms with Gasteiger partial charge >= 0.3 is 5.97 Å². The number of rotatable bonds is 5. The first-order valence-corrected chi connectivity index (χ1v) is 8.01. The fourth-order valence-corrected chi connectivity index (χ4v) is 2.67. The molecule has 1 heterocycles. The van der Waals surface area contributed by atoms with E-state index in [9.17, 15) is 9.59 Å². The van der Waals surface area contributed by atoms with E-state index in [2.05, 4.69) is 14.7 Å². The number of H-pyrrole nitrogens is 1. The monoisotopic (exact) mass is 354 g/mol. The number of esters is 1. The minimum absolute atomic E-state index is 0.288. The maximum Gasteiger partial charge on any atom is 0.337 e. The van der Waals surface area contributed by atoms with Crippen LogP contribution < -0.4 is 15.0 Å². The quantitative estimate of drug-likeness (QED) is 0.709. The number of aromatic amines is 1. The number of ether oxygens (including phenoxy) is 3. The van der Waals surface area contributed by atoms with E-state index in [1.807, 2.05) is 6.92 Å². The molecule has 0 spiro atoms. The molecule has 0 saturated carbocycles. The third kappa shape index (κ3) is 3.11. The third-order valence-electron chi connectivity index (χ3n) is 3.87. The van der Waals surface area contributed by atoms with Crippen molar-refractivity contribution in [3.63, 3.8) is 0 Å². The molecule has 0 aliphatic carbocycles. The maximum atomic E-state index is 12.5. The SMILES string of the molecule is CCOc1c(OC)cccc1-c1nc2ccc(C(=O)OC)cc2c(=O)[nH]1. The van der Waals surface area contributed by atoms with Gasteiger partial charge in [0.15, 0.2) is 11.5 Å². The number of fused-ring (bicyclic) bond motifs is 1. The van der Waals surface area contributed by atoms with Crippen LogP contribution in [0, 0.1) is 0 Å². The predicted octanol–water partition coefficient (Wildman–Crippen LogP) is 2.78. The van der Waals surface area contributed by atoms with Crippen LogP contribution in [0.15, 0.2) is 41.2 Å². The molecule has 0 aliphatic rings. The average Bonchev–Trinajstić information content (AvgIpc) is 2.67. The van der Waals surface area contributed by atoms with Crippen LogP contribution in [0.2, 0.25) is 0 Å². The number of carbonyl (C=O) groups is 1. The number of para-hydroxylation sites is 1. The molecule has 7 nitrogen and oxygen atoms in total. The van der Waals surface area contributed by atoms with E-state index in [0.717, 1.165) is 0 Å². The summed E-state index contributed by atoms with van der Waals surface area (Å²) in [6.07, 6.45) is 0. The molecule has 0 unspecified atom stereocenters. The fourth-order valence-electron chi connectivity index (χ4n) is 2.67. The molecule has 134 valence electrons. The van der Waals surface area contributed by atoms with Crippen LogP contribution in [0.25, 0.3) is 22.3 Å². The molecular weight excluding hydrogens is 336 g/mol. The van der Waals surface area contributed by atoms with Crippen LogP contribution in [0.5, 0.6) is 11.5 Å². The van der Waals surface area contributed by atoms with E-state index in [1.165, 1.54) is 13.2 Å². The highest BCUT2D eigenvalue weighted by atomic mass is 16.5. The first-order valence-electron chi connectivity index (χ1n) is 8.01. The molecular formula is C19H18N2O5. The second kappa shape index (κ2) is 7.26. The Morgan fingerprint density at radius 2 is 2.00 bits per heavy atom. The van der Waals surface area contributed by atoms with Crippen molar-refractivity contribution >= 4 is 16.9 Å². The van der Waals surface area contributed by atoms with Gasteiger partial charge in [-0.2, -0.15) is 0 Å². The maximum absolute atomic E-state index is 12.5. The van der Waals surface area contributed by atoms with E-state index in [4.69, 9.17) is 9.47 Å². The Labute approximate surface area is 149 Å². The van der Waals surface area contributed by atoms with Gasteiger partial charge in [0, 0.05) is 0 Å². The van der Waals surface area contributed by atoms with Crippen molar-refractivity contribution in [1.29, 1.82) is 0 Å². The van der Waals surface area contributed by atoms with Crippen molar-refractivity contribution in [2.75, 3.05) is 20.8 Å². The van der Waals surface area contributed by atoms with Crippen molar-refractivity contribution in [3.05, 3.63) is 52.3 Å². The standard InChI is InChI=1S/C19H18N2O5/c1-4-26-16-12(6-5-7-15(16)24-2)17-20-14-9-8-11(19(23)25-3)10-13(14)18(22)21-17/h5-10H,4H2,1-3H3,(H,20,21,22). The number of nitrogens with one attached hydrogen (secondary N) is 1. The second-order valence-electron chi connectivity index (χ2n) is 5.41. The van der Waals surface area contributed by atoms with Crippen LogP contribution in [-0.4, -0.2) is 36.8 Å². The summed E-state index contributed by atoms with van der Waals surface area (Å²) in [4.78, 5) is 31.5. The van der Waals surface area contributed by atoms with Gasteiger partial charge in [0.05, 0.1) is 42.9 Å². The Morgan fingerprint density at radius 3 is 2.69 bits per heavy atom. The zero-order valence-corrected chi connectivity index (χ0v) is 14.7. The van der Waals surface area contributed by atoms with Gasteiger partial charge in [0.1, 0.15) is 5.82 Å². The molecule has 1 N–H and O–H groups in total. The lowest BCUT2D eigenvalue weighted by Gasteiger charge is -2.13. The highest BCUT2D eigenvalue weighted by molar-refractivity contribution is 5.94. The van der Waals surface area contributed by atoms with Gasteiger partial charge < -0.3 is 19.2 Å². The van der Waals surface area contributed by atoms with Gasteiger partial charge in [0.25, 0.3) is 5.56 Å². The van der Waals surface area contributed by atoms with E-state index in [0.29, 0.717) is 40.4 Å². The van der Waals surface area contributed by atoms with Crippen LogP contribution in [-0.2, 0) is 4.74 Å². The summed E-state index contributed by atoms with van der Waals surface area (Å²) in [5.41, 5.74) is 1.00. The molecule has 3 rings (SSSR count). The minimum atomic E-state index is -0.512. The number of carbonyl (C=O) groups excluding carboxylic acids is 1. The number of aromatic nitrogens is 2. The molecule has 0 aliphatic heterocycles. The summed E-state index contributed by atoms with van der Waals surface area (Å²) < 4.78 is 15.7. The Balaban J connectivity index is 2.19. The molecule has 0 bridgehead atoms. The zero-order valence-electron chi connectivity index (χ0n) is 14.7. The Hall–Kier alpha value is -3.35. The Bertz CT molecular complexity index is 1030. The van der Waals surface area contributed by atoms with Gasteiger partial charge in [-0.25, -0.2) is 9.78 Å². The lowest BCUT2D eigenvalue weighted by molar-refractivity contribution is 0.0601. The first kappa shape index (κ1) is 17.5. The van der Waals surface area contributed by atoms with E-state index in [1.54, 1.807) is 37.4 Å². The van der Waals surface area contributed by atoms with Gasteiger partial charge in [-0.3, -0.25) is 4.79 Å². The summed E-state index contributed by atoms with van der Waals surface area (Å²) >= 11 is 0. The van der Waals surface area contributed by atoms with Crippen LogP contribution in [0.3, 0.4) is 0 Å². The van der Waals surface area contributed by atoms with Gasteiger partial charge in [-0.05, 0) is 37.3 Å². The Kier molecular flexibility index (Phi) is 4.88. The van der Waals surface area contributed by atoms with Crippen molar-refractivity contribution in [2.24, 2.45) is 0 Å². The second-order valence-corrected chi connectivity index (χ2v) is 5.41. The van der Waals surface area contributed by atoms with E-state index in [-0.39, 0.29) is 11.1 Å². The number of hydrogen-bond acceptors (Lipinski definition) is 6. The summed E-state index contributed by atoms with van der Waals surface area (Å²) in [7, 11) is 2.84. The highest BCUT2D eigenvalue weighted by Gasteiger charge is 2.16. The van der Waals surface area contributed by atoms with E-state index >= 15 is 0 Å². The molecule has 2 aromatic carbocycles. The average molecular weight is 354 g/mol.